The number of pyridine rings is 1. The first-order chi connectivity index (χ1) is 6.57. The molecular weight excluding hydrogens is 198 g/mol. The zero-order valence-corrected chi connectivity index (χ0v) is 6.85. The number of hydrogen-bond donors (Lipinski definition) is 1. The van der Waals surface area contributed by atoms with Crippen molar-refractivity contribution in [1.29, 1.82) is 0 Å². The number of alkyl halides is 2. The van der Waals surface area contributed by atoms with Gasteiger partial charge in [0.05, 0.1) is 17.1 Å². The molecule has 5 nitrogen and oxygen atoms in total. The third-order valence-electron chi connectivity index (χ3n) is 1.61. The molecule has 7 heteroatoms. The first-order valence-corrected chi connectivity index (χ1v) is 3.58. The van der Waals surface area contributed by atoms with Crippen molar-refractivity contribution in [3.8, 4) is 0 Å². The quantitative estimate of drug-likeness (QED) is 0.596. The first kappa shape index (κ1) is 10.5. The van der Waals surface area contributed by atoms with E-state index in [0.29, 0.717) is 0 Å². The van der Waals surface area contributed by atoms with Gasteiger partial charge in [0.2, 0.25) is 0 Å². The second kappa shape index (κ2) is 4.05. The molecule has 0 radical (unpaired) electrons. The summed E-state index contributed by atoms with van der Waals surface area (Å²) < 4.78 is 24.6. The van der Waals surface area contributed by atoms with E-state index < -0.39 is 29.2 Å². The van der Waals surface area contributed by atoms with Gasteiger partial charge in [0.1, 0.15) is 5.56 Å². The lowest BCUT2D eigenvalue weighted by Crippen LogP contribution is -2.02. The van der Waals surface area contributed by atoms with Crippen LogP contribution in [0.5, 0.6) is 0 Å². The molecule has 14 heavy (non-hydrogen) atoms. The molecule has 1 heterocycles. The molecule has 0 aliphatic carbocycles. The van der Waals surface area contributed by atoms with Crippen molar-refractivity contribution < 1.29 is 18.8 Å². The van der Waals surface area contributed by atoms with Crippen molar-refractivity contribution in [3.63, 3.8) is 0 Å². The Bertz CT molecular complexity index is 357. The first-order valence-electron chi connectivity index (χ1n) is 3.58. The Morgan fingerprint density at radius 2 is 2.21 bits per heavy atom. The van der Waals surface area contributed by atoms with Gasteiger partial charge in [-0.25, -0.2) is 8.78 Å². The fraction of sp³-hybridized carbons (Fsp3) is 0.286. The maximum Gasteiger partial charge on any atom is 0.286 e. The number of aromatic nitrogens is 1. The van der Waals surface area contributed by atoms with Crippen LogP contribution in [0.15, 0.2) is 12.4 Å². The van der Waals surface area contributed by atoms with Gasteiger partial charge in [-0.1, -0.05) is 0 Å². The van der Waals surface area contributed by atoms with E-state index in [1.54, 1.807) is 0 Å². The molecule has 1 aromatic rings. The summed E-state index contributed by atoms with van der Waals surface area (Å²) in [5.74, 6) is 0. The third-order valence-corrected chi connectivity index (χ3v) is 1.61. The van der Waals surface area contributed by atoms with Gasteiger partial charge >= 0.3 is 0 Å². The fourth-order valence-corrected chi connectivity index (χ4v) is 1.01. The average molecular weight is 204 g/mol. The van der Waals surface area contributed by atoms with Gasteiger partial charge in [-0.2, -0.15) is 0 Å². The van der Waals surface area contributed by atoms with Crippen molar-refractivity contribution in [3.05, 3.63) is 33.6 Å². The molecule has 0 amide bonds. The molecule has 0 fully saturated rings. The molecule has 1 N–H and O–H groups in total. The van der Waals surface area contributed by atoms with Crippen LogP contribution in [0.1, 0.15) is 17.6 Å². The largest absolute Gasteiger partial charge is 0.391 e. The zero-order valence-electron chi connectivity index (χ0n) is 6.85. The van der Waals surface area contributed by atoms with Gasteiger partial charge in [-0.15, -0.1) is 0 Å². The minimum absolute atomic E-state index is 0.215. The van der Waals surface area contributed by atoms with Gasteiger partial charge in [-0.3, -0.25) is 15.1 Å². The number of aliphatic hydroxyl groups is 1. The highest BCUT2D eigenvalue weighted by Crippen LogP contribution is 2.30. The maximum atomic E-state index is 12.3. The Kier molecular flexibility index (Phi) is 3.03. The highest BCUT2D eigenvalue weighted by atomic mass is 19.3. The molecule has 0 aromatic carbocycles. The van der Waals surface area contributed by atoms with Crippen LogP contribution in [-0.4, -0.2) is 15.0 Å². The van der Waals surface area contributed by atoms with Crippen LogP contribution in [0, 0.1) is 10.1 Å². The molecule has 1 aromatic heterocycles. The average Bonchev–Trinajstić information content (AvgIpc) is 2.16. The smallest absolute Gasteiger partial charge is 0.286 e. The van der Waals surface area contributed by atoms with Crippen LogP contribution in [0.4, 0.5) is 14.5 Å². The molecular formula is C7H6F2N2O3. The number of nitrogens with zero attached hydrogens (tertiary/aromatic N) is 2. The fourth-order valence-electron chi connectivity index (χ4n) is 1.01. The Balaban J connectivity index is 3.35. The number of nitro groups is 1. The van der Waals surface area contributed by atoms with Crippen molar-refractivity contribution in [1.82, 2.24) is 4.98 Å². The Morgan fingerprint density at radius 1 is 1.57 bits per heavy atom. The van der Waals surface area contributed by atoms with E-state index in [0.717, 1.165) is 12.4 Å². The summed E-state index contributed by atoms with van der Waals surface area (Å²) in [7, 11) is 0. The molecule has 0 unspecified atom stereocenters. The van der Waals surface area contributed by atoms with Gasteiger partial charge in [-0.05, 0) is 0 Å². The number of halogens is 2. The second-order valence-electron chi connectivity index (χ2n) is 2.45. The maximum absolute atomic E-state index is 12.3. The topological polar surface area (TPSA) is 76.3 Å². The highest BCUT2D eigenvalue weighted by Gasteiger charge is 2.25. The summed E-state index contributed by atoms with van der Waals surface area (Å²) >= 11 is 0. The highest BCUT2D eigenvalue weighted by molar-refractivity contribution is 5.45. The van der Waals surface area contributed by atoms with Crippen molar-refractivity contribution in [2.75, 3.05) is 0 Å². The summed E-state index contributed by atoms with van der Waals surface area (Å²) in [5.41, 5.74) is -1.76. The van der Waals surface area contributed by atoms with Crippen LogP contribution >= 0.6 is 0 Å². The minimum atomic E-state index is -2.98. The van der Waals surface area contributed by atoms with E-state index >= 15 is 0 Å². The summed E-state index contributed by atoms with van der Waals surface area (Å²) in [6, 6.07) is 0. The van der Waals surface area contributed by atoms with Gasteiger partial charge in [0.25, 0.3) is 12.1 Å². The van der Waals surface area contributed by atoms with Crippen molar-refractivity contribution in [2.45, 2.75) is 13.0 Å². The monoisotopic (exact) mass is 204 g/mol. The molecule has 0 atom stereocenters. The molecule has 0 bridgehead atoms. The van der Waals surface area contributed by atoms with E-state index in [2.05, 4.69) is 4.98 Å². The molecule has 0 saturated heterocycles. The molecule has 1 rings (SSSR count). The lowest BCUT2D eigenvalue weighted by Gasteiger charge is -2.03. The van der Waals surface area contributed by atoms with E-state index in [1.165, 1.54) is 0 Å². The number of hydrogen-bond acceptors (Lipinski definition) is 4. The van der Waals surface area contributed by atoms with Gasteiger partial charge in [0, 0.05) is 12.4 Å². The molecule has 0 saturated carbocycles. The molecule has 0 spiro atoms. The van der Waals surface area contributed by atoms with E-state index in [9.17, 15) is 18.9 Å². The van der Waals surface area contributed by atoms with Crippen molar-refractivity contribution >= 4 is 5.69 Å². The Labute approximate surface area is 77.2 Å². The number of rotatable bonds is 3. The summed E-state index contributed by atoms with van der Waals surface area (Å²) in [6.07, 6.45) is -1.26. The van der Waals surface area contributed by atoms with Crippen LogP contribution in [0.3, 0.4) is 0 Å². The van der Waals surface area contributed by atoms with Crippen LogP contribution in [0.2, 0.25) is 0 Å². The van der Waals surface area contributed by atoms with Crippen LogP contribution in [0.25, 0.3) is 0 Å². The Hall–Kier alpha value is -1.63. The lowest BCUT2D eigenvalue weighted by atomic mass is 10.1. The number of aliphatic hydroxyl groups excluding tert-OH is 1. The standard InChI is InChI=1S/C7H6F2N2O3/c8-7(9)5-2-10-1-4(3-12)6(5)11(13)14/h1-2,7,12H,3H2. The Morgan fingerprint density at radius 3 is 2.64 bits per heavy atom. The molecule has 0 aliphatic rings. The third kappa shape index (κ3) is 1.82. The SMILES string of the molecule is O=[N+]([O-])c1c(CO)cncc1C(F)F. The predicted octanol–water partition coefficient (Wildman–Crippen LogP) is 1.42. The minimum Gasteiger partial charge on any atom is -0.391 e. The van der Waals surface area contributed by atoms with Crippen LogP contribution in [-0.2, 0) is 6.61 Å². The van der Waals surface area contributed by atoms with Crippen LogP contribution < -0.4 is 0 Å². The summed E-state index contributed by atoms with van der Waals surface area (Å²) in [4.78, 5) is 12.9. The molecule has 0 aliphatic heterocycles. The predicted molar refractivity (Wildman–Crippen MR) is 41.8 cm³/mol. The van der Waals surface area contributed by atoms with E-state index in [1.807, 2.05) is 0 Å². The lowest BCUT2D eigenvalue weighted by molar-refractivity contribution is -0.387. The van der Waals surface area contributed by atoms with E-state index in [4.69, 9.17) is 5.11 Å². The van der Waals surface area contributed by atoms with Crippen molar-refractivity contribution in [2.24, 2.45) is 0 Å². The summed E-state index contributed by atoms with van der Waals surface area (Å²) in [6.45, 7) is -0.691. The second-order valence-corrected chi connectivity index (χ2v) is 2.45. The van der Waals surface area contributed by atoms with Gasteiger partial charge in [0.15, 0.2) is 0 Å². The normalized spacial score (nSPS) is 10.6. The zero-order chi connectivity index (χ0) is 10.7. The van der Waals surface area contributed by atoms with E-state index in [-0.39, 0.29) is 5.56 Å². The van der Waals surface area contributed by atoms with Gasteiger partial charge < -0.3 is 5.11 Å². The summed E-state index contributed by atoms with van der Waals surface area (Å²) in [5, 5.41) is 19.1. The molecule has 76 valence electrons.